The molecule has 26 heavy (non-hydrogen) atoms. The number of thiophene rings is 1. The Morgan fingerprint density at radius 1 is 1.19 bits per heavy atom. The fraction of sp³-hybridized carbons (Fsp3) is 0.200. The number of fused-ring (bicyclic) bond motifs is 1. The summed E-state index contributed by atoms with van der Waals surface area (Å²) in [5.74, 6) is 0.910. The molecule has 0 fully saturated rings. The molecule has 3 aromatic rings. The van der Waals surface area contributed by atoms with E-state index in [1.807, 2.05) is 48.5 Å². The smallest absolute Gasteiger partial charge is 0.255 e. The van der Waals surface area contributed by atoms with E-state index >= 15 is 0 Å². The number of nitrogens with two attached hydrogens (primary N) is 1. The summed E-state index contributed by atoms with van der Waals surface area (Å²) in [4.78, 5) is 17.9. The summed E-state index contributed by atoms with van der Waals surface area (Å²) in [6.45, 7) is 0.429. The van der Waals surface area contributed by atoms with Gasteiger partial charge in [-0.05, 0) is 55.2 Å². The highest BCUT2D eigenvalue weighted by Crippen LogP contribution is 2.29. The van der Waals surface area contributed by atoms with Crippen LogP contribution in [0.1, 0.15) is 32.9 Å². The maximum absolute atomic E-state index is 12.5. The lowest BCUT2D eigenvalue weighted by Crippen LogP contribution is -2.24. The number of aryl methyl sites for hydroxylation is 2. The fourth-order valence-electron chi connectivity index (χ4n) is 3.05. The third-order valence-corrected chi connectivity index (χ3v) is 5.31. The molecule has 132 valence electrons. The lowest BCUT2D eigenvalue weighted by atomic mass is 10.1. The second kappa shape index (κ2) is 7.17. The van der Waals surface area contributed by atoms with E-state index in [2.05, 4.69) is 10.3 Å². The van der Waals surface area contributed by atoms with Gasteiger partial charge in [-0.3, -0.25) is 4.79 Å². The summed E-state index contributed by atoms with van der Waals surface area (Å²) < 4.78 is 5.80. The van der Waals surface area contributed by atoms with E-state index in [-0.39, 0.29) is 5.91 Å². The highest BCUT2D eigenvalue weighted by molar-refractivity contribution is 7.13. The van der Waals surface area contributed by atoms with Gasteiger partial charge in [-0.25, -0.2) is 4.98 Å². The molecular formula is C20H19N3O2S. The molecule has 0 saturated carbocycles. The van der Waals surface area contributed by atoms with Gasteiger partial charge in [0.25, 0.3) is 5.91 Å². The molecule has 4 rings (SSSR count). The third-order valence-electron chi connectivity index (χ3n) is 4.35. The molecule has 1 aromatic carbocycles. The second-order valence-corrected chi connectivity index (χ2v) is 7.33. The van der Waals surface area contributed by atoms with Crippen molar-refractivity contribution in [3.63, 3.8) is 0 Å². The van der Waals surface area contributed by atoms with E-state index in [4.69, 9.17) is 10.5 Å². The summed E-state index contributed by atoms with van der Waals surface area (Å²) in [7, 11) is 0. The summed E-state index contributed by atoms with van der Waals surface area (Å²) in [6.07, 6.45) is 2.99. The number of nitrogens with zero attached hydrogens (tertiary/aromatic N) is 1. The largest absolute Gasteiger partial charge is 0.447 e. The fourth-order valence-corrected chi connectivity index (χ4v) is 3.86. The van der Waals surface area contributed by atoms with Gasteiger partial charge in [-0.15, -0.1) is 11.3 Å². The van der Waals surface area contributed by atoms with Crippen molar-refractivity contribution in [2.45, 2.75) is 25.8 Å². The van der Waals surface area contributed by atoms with Crippen LogP contribution in [0.3, 0.4) is 0 Å². The molecule has 2 heterocycles. The number of aromatic nitrogens is 1. The van der Waals surface area contributed by atoms with E-state index < -0.39 is 0 Å². The minimum Gasteiger partial charge on any atom is -0.447 e. The van der Waals surface area contributed by atoms with Crippen LogP contribution in [0.5, 0.6) is 10.8 Å². The van der Waals surface area contributed by atoms with Crippen molar-refractivity contribution in [1.29, 1.82) is 0 Å². The van der Waals surface area contributed by atoms with Crippen LogP contribution in [0.2, 0.25) is 0 Å². The molecule has 1 aliphatic rings. The molecule has 0 atom stereocenters. The van der Waals surface area contributed by atoms with Gasteiger partial charge in [0.05, 0.1) is 12.1 Å². The summed E-state index contributed by atoms with van der Waals surface area (Å²) >= 11 is 1.51. The van der Waals surface area contributed by atoms with Crippen molar-refractivity contribution < 1.29 is 9.53 Å². The molecule has 1 amide bonds. The molecule has 0 unspecified atom stereocenters. The molecular weight excluding hydrogens is 346 g/mol. The Kier molecular flexibility index (Phi) is 4.58. The number of carbonyl (C=O) groups is 1. The maximum atomic E-state index is 12.5. The predicted octanol–water partition coefficient (Wildman–Crippen LogP) is 3.94. The highest BCUT2D eigenvalue weighted by atomic mass is 32.1. The first kappa shape index (κ1) is 16.6. The predicted molar refractivity (Wildman–Crippen MR) is 103 cm³/mol. The van der Waals surface area contributed by atoms with Crippen molar-refractivity contribution in [2.24, 2.45) is 0 Å². The number of nitrogen functional groups attached to an aromatic ring is 1. The van der Waals surface area contributed by atoms with Gasteiger partial charge >= 0.3 is 0 Å². The van der Waals surface area contributed by atoms with Crippen LogP contribution < -0.4 is 15.8 Å². The second-order valence-electron chi connectivity index (χ2n) is 6.20. The van der Waals surface area contributed by atoms with Gasteiger partial charge in [0.1, 0.15) is 11.6 Å². The van der Waals surface area contributed by atoms with E-state index in [1.54, 1.807) is 0 Å². The number of benzene rings is 1. The molecule has 0 radical (unpaired) electrons. The number of nitrogens with one attached hydrogen (secondary N) is 1. The standard InChI is InChI=1S/C20H19N3O2S/c21-19-16(11-13-5-4-8-17(13)23-19)20(24)22-12-15-9-10-18(26-15)25-14-6-2-1-3-7-14/h1-3,6-7,9-11H,4-5,8,12H2,(H2,21,23)(H,22,24). The van der Waals surface area contributed by atoms with Gasteiger partial charge in [-0.2, -0.15) is 0 Å². The van der Waals surface area contributed by atoms with Crippen molar-refractivity contribution in [1.82, 2.24) is 10.3 Å². The monoisotopic (exact) mass is 365 g/mol. The quantitative estimate of drug-likeness (QED) is 0.718. The first-order chi connectivity index (χ1) is 12.7. The summed E-state index contributed by atoms with van der Waals surface area (Å²) in [5.41, 5.74) is 8.59. The molecule has 6 heteroatoms. The van der Waals surface area contributed by atoms with Gasteiger partial charge < -0.3 is 15.8 Å². The SMILES string of the molecule is Nc1nc2c(cc1C(=O)NCc1ccc(Oc3ccccc3)s1)CCC2. The number of anilines is 1. The number of amides is 1. The van der Waals surface area contributed by atoms with Crippen molar-refractivity contribution in [3.05, 3.63) is 70.2 Å². The number of para-hydroxylation sites is 1. The Labute approximate surface area is 155 Å². The average Bonchev–Trinajstić information content (AvgIpc) is 3.28. The minimum atomic E-state index is -0.191. The van der Waals surface area contributed by atoms with Crippen LogP contribution in [0.15, 0.2) is 48.5 Å². The lowest BCUT2D eigenvalue weighted by molar-refractivity contribution is 0.0952. The number of hydrogen-bond donors (Lipinski definition) is 2. The minimum absolute atomic E-state index is 0.191. The van der Waals surface area contributed by atoms with Gasteiger partial charge in [-0.1, -0.05) is 18.2 Å². The Balaban J connectivity index is 1.39. The first-order valence-corrected chi connectivity index (χ1v) is 9.39. The van der Waals surface area contributed by atoms with Crippen LogP contribution in [-0.2, 0) is 19.4 Å². The molecule has 0 bridgehead atoms. The van der Waals surface area contributed by atoms with Crippen LogP contribution in [0, 0.1) is 0 Å². The number of pyridine rings is 1. The van der Waals surface area contributed by atoms with E-state index in [0.717, 1.165) is 46.2 Å². The Morgan fingerprint density at radius 3 is 2.88 bits per heavy atom. The van der Waals surface area contributed by atoms with Gasteiger partial charge in [0, 0.05) is 10.6 Å². The summed E-state index contributed by atoms with van der Waals surface area (Å²) in [6, 6.07) is 15.4. The normalized spacial score (nSPS) is 12.6. The lowest BCUT2D eigenvalue weighted by Gasteiger charge is -2.08. The number of ether oxygens (including phenoxy) is 1. The zero-order chi connectivity index (χ0) is 17.9. The number of hydrogen-bond acceptors (Lipinski definition) is 5. The Morgan fingerprint density at radius 2 is 2.04 bits per heavy atom. The third kappa shape index (κ3) is 3.55. The molecule has 1 aliphatic carbocycles. The number of rotatable bonds is 5. The van der Waals surface area contributed by atoms with E-state index in [9.17, 15) is 4.79 Å². The Bertz CT molecular complexity index is 937. The number of carbonyl (C=O) groups excluding carboxylic acids is 1. The van der Waals surface area contributed by atoms with E-state index in [1.165, 1.54) is 11.3 Å². The van der Waals surface area contributed by atoms with E-state index in [0.29, 0.717) is 17.9 Å². The molecule has 0 aliphatic heterocycles. The average molecular weight is 365 g/mol. The van der Waals surface area contributed by atoms with Gasteiger partial charge in [0.2, 0.25) is 0 Å². The van der Waals surface area contributed by atoms with Crippen molar-refractivity contribution in [2.75, 3.05) is 5.73 Å². The zero-order valence-electron chi connectivity index (χ0n) is 14.2. The molecule has 3 N–H and O–H groups in total. The maximum Gasteiger partial charge on any atom is 0.255 e. The first-order valence-electron chi connectivity index (χ1n) is 8.57. The van der Waals surface area contributed by atoms with Crippen LogP contribution in [-0.4, -0.2) is 10.9 Å². The Hall–Kier alpha value is -2.86. The summed E-state index contributed by atoms with van der Waals surface area (Å²) in [5, 5.41) is 3.71. The van der Waals surface area contributed by atoms with Crippen LogP contribution in [0.25, 0.3) is 0 Å². The molecule has 5 nitrogen and oxygen atoms in total. The topological polar surface area (TPSA) is 77.2 Å². The van der Waals surface area contributed by atoms with Crippen LogP contribution in [0.4, 0.5) is 5.82 Å². The molecule has 0 saturated heterocycles. The van der Waals surface area contributed by atoms with Crippen LogP contribution >= 0.6 is 11.3 Å². The van der Waals surface area contributed by atoms with Crippen molar-refractivity contribution in [3.8, 4) is 10.8 Å². The molecule has 2 aromatic heterocycles. The van der Waals surface area contributed by atoms with Crippen molar-refractivity contribution >= 4 is 23.1 Å². The zero-order valence-corrected chi connectivity index (χ0v) is 15.0. The molecule has 0 spiro atoms. The highest BCUT2D eigenvalue weighted by Gasteiger charge is 2.19. The van der Waals surface area contributed by atoms with Gasteiger partial charge in [0.15, 0.2) is 5.06 Å².